The number of hydrogen-bond acceptors (Lipinski definition) is 5. The Morgan fingerprint density at radius 1 is 1.11 bits per heavy atom. The zero-order valence-electron chi connectivity index (χ0n) is 15.3. The van der Waals surface area contributed by atoms with Gasteiger partial charge in [-0.05, 0) is 24.3 Å². The molecule has 2 aromatic carbocycles. The Labute approximate surface area is 172 Å². The monoisotopic (exact) mass is 420 g/mol. The Hall–Kier alpha value is -2.54. The van der Waals surface area contributed by atoms with Gasteiger partial charge in [-0.3, -0.25) is 9.59 Å². The van der Waals surface area contributed by atoms with E-state index in [2.05, 4.69) is 0 Å². The number of methoxy groups -OCH3 is 1. The molecule has 1 aliphatic rings. The molecule has 1 aliphatic heterocycles. The molecule has 0 saturated heterocycles. The molecule has 0 atom stereocenters. The summed E-state index contributed by atoms with van der Waals surface area (Å²) in [6.07, 6.45) is 0. The Kier molecular flexibility index (Phi) is 5.93. The summed E-state index contributed by atoms with van der Waals surface area (Å²) < 4.78 is 5.20. The zero-order chi connectivity index (χ0) is 20.4. The Morgan fingerprint density at radius 2 is 1.86 bits per heavy atom. The maximum Gasteiger partial charge on any atom is 0.282 e. The van der Waals surface area contributed by atoms with Gasteiger partial charge in [-0.2, -0.15) is 0 Å². The SMILES string of the molecule is COc1cccc(N2C(=O)C(c3ccc(Cl)cc3Cl)=C(N(C)CCO)C2=O)c1. The largest absolute Gasteiger partial charge is 0.497 e. The average molecular weight is 421 g/mol. The molecule has 28 heavy (non-hydrogen) atoms. The van der Waals surface area contributed by atoms with Gasteiger partial charge in [0.05, 0.1) is 30.0 Å². The van der Waals surface area contributed by atoms with Crippen LogP contribution in [-0.2, 0) is 9.59 Å². The number of rotatable bonds is 6. The maximum absolute atomic E-state index is 13.3. The first kappa shape index (κ1) is 20.2. The smallest absolute Gasteiger partial charge is 0.282 e. The molecule has 8 heteroatoms. The highest BCUT2D eigenvalue weighted by atomic mass is 35.5. The number of likely N-dealkylation sites (N-methyl/N-ethyl adjacent to an activating group) is 1. The molecule has 1 heterocycles. The molecule has 0 saturated carbocycles. The third-order valence-electron chi connectivity index (χ3n) is 4.39. The van der Waals surface area contributed by atoms with Crippen molar-refractivity contribution in [1.82, 2.24) is 4.90 Å². The van der Waals surface area contributed by atoms with Crippen molar-refractivity contribution in [3.05, 3.63) is 63.8 Å². The third kappa shape index (κ3) is 3.58. The number of aliphatic hydroxyl groups excluding tert-OH is 1. The number of amides is 2. The van der Waals surface area contributed by atoms with Gasteiger partial charge in [0, 0.05) is 30.2 Å². The predicted molar refractivity (Wildman–Crippen MR) is 109 cm³/mol. The van der Waals surface area contributed by atoms with Crippen molar-refractivity contribution in [2.75, 3.05) is 32.2 Å². The van der Waals surface area contributed by atoms with Crippen LogP contribution >= 0.6 is 23.2 Å². The number of nitrogens with zero attached hydrogens (tertiary/aromatic N) is 2. The van der Waals surface area contributed by atoms with Gasteiger partial charge < -0.3 is 14.7 Å². The van der Waals surface area contributed by atoms with Crippen molar-refractivity contribution in [3.63, 3.8) is 0 Å². The van der Waals surface area contributed by atoms with E-state index in [0.717, 1.165) is 4.90 Å². The number of aliphatic hydroxyl groups is 1. The van der Waals surface area contributed by atoms with Gasteiger partial charge in [0.1, 0.15) is 11.4 Å². The Morgan fingerprint density at radius 3 is 2.50 bits per heavy atom. The molecule has 6 nitrogen and oxygen atoms in total. The number of carbonyl (C=O) groups excluding carboxylic acids is 2. The minimum Gasteiger partial charge on any atom is -0.497 e. The number of benzene rings is 2. The number of imide groups is 1. The molecule has 2 aromatic rings. The molecule has 0 aromatic heterocycles. The second kappa shape index (κ2) is 8.22. The van der Waals surface area contributed by atoms with Crippen molar-refractivity contribution in [1.29, 1.82) is 0 Å². The first-order valence-electron chi connectivity index (χ1n) is 8.43. The summed E-state index contributed by atoms with van der Waals surface area (Å²) in [5, 5.41) is 9.99. The van der Waals surface area contributed by atoms with Crippen molar-refractivity contribution in [2.45, 2.75) is 0 Å². The molecule has 2 amide bonds. The molecule has 0 aliphatic carbocycles. The second-order valence-corrected chi connectivity index (χ2v) is 6.98. The van der Waals surface area contributed by atoms with Gasteiger partial charge in [-0.15, -0.1) is 0 Å². The highest BCUT2D eigenvalue weighted by Crippen LogP contribution is 2.38. The van der Waals surface area contributed by atoms with Crippen LogP contribution in [0.1, 0.15) is 5.56 Å². The van der Waals surface area contributed by atoms with Crippen LogP contribution in [0.15, 0.2) is 48.2 Å². The lowest BCUT2D eigenvalue weighted by Crippen LogP contribution is -2.34. The van der Waals surface area contributed by atoms with Crippen molar-refractivity contribution in [3.8, 4) is 5.75 Å². The van der Waals surface area contributed by atoms with Crippen molar-refractivity contribution in [2.24, 2.45) is 0 Å². The zero-order valence-corrected chi connectivity index (χ0v) is 16.8. The van der Waals surface area contributed by atoms with E-state index in [9.17, 15) is 14.7 Å². The summed E-state index contributed by atoms with van der Waals surface area (Å²) in [5.74, 6) is -0.501. The van der Waals surface area contributed by atoms with Gasteiger partial charge in [-0.25, -0.2) is 4.90 Å². The van der Waals surface area contributed by atoms with Crippen LogP contribution in [0.2, 0.25) is 10.0 Å². The van der Waals surface area contributed by atoms with Crippen LogP contribution in [0.4, 0.5) is 5.69 Å². The maximum atomic E-state index is 13.3. The first-order chi connectivity index (χ1) is 13.4. The van der Waals surface area contributed by atoms with E-state index in [1.165, 1.54) is 13.2 Å². The fourth-order valence-corrected chi connectivity index (χ4v) is 3.56. The van der Waals surface area contributed by atoms with Gasteiger partial charge in [0.25, 0.3) is 11.8 Å². The number of ether oxygens (including phenoxy) is 1. The quantitative estimate of drug-likeness (QED) is 0.726. The average Bonchev–Trinajstić information content (AvgIpc) is 2.92. The molecule has 1 N–H and O–H groups in total. The van der Waals surface area contributed by atoms with Crippen LogP contribution < -0.4 is 9.64 Å². The van der Waals surface area contributed by atoms with Gasteiger partial charge in [0.15, 0.2) is 0 Å². The van der Waals surface area contributed by atoms with E-state index in [1.54, 1.807) is 48.3 Å². The molecule has 0 unspecified atom stereocenters. The molecule has 0 spiro atoms. The molecular weight excluding hydrogens is 403 g/mol. The Balaban J connectivity index is 2.16. The first-order valence-corrected chi connectivity index (χ1v) is 9.19. The molecule has 0 bridgehead atoms. The third-order valence-corrected chi connectivity index (χ3v) is 4.94. The molecular formula is C20H18Cl2N2O4. The lowest BCUT2D eigenvalue weighted by molar-refractivity contribution is -0.120. The minimum atomic E-state index is -0.512. The number of anilines is 1. The Bertz CT molecular complexity index is 974. The number of halogens is 2. The van der Waals surface area contributed by atoms with Crippen LogP contribution in [-0.4, -0.2) is 49.1 Å². The fourth-order valence-electron chi connectivity index (χ4n) is 3.05. The topological polar surface area (TPSA) is 70.1 Å². The summed E-state index contributed by atoms with van der Waals surface area (Å²) in [5.41, 5.74) is 1.09. The lowest BCUT2D eigenvalue weighted by Gasteiger charge is -2.20. The number of carbonyl (C=O) groups is 2. The molecule has 0 radical (unpaired) electrons. The second-order valence-electron chi connectivity index (χ2n) is 6.14. The highest BCUT2D eigenvalue weighted by molar-refractivity contribution is 6.47. The molecule has 3 rings (SSSR count). The van der Waals surface area contributed by atoms with Gasteiger partial charge >= 0.3 is 0 Å². The van der Waals surface area contributed by atoms with Gasteiger partial charge in [-0.1, -0.05) is 35.3 Å². The fraction of sp³-hybridized carbons (Fsp3) is 0.200. The summed E-state index contributed by atoms with van der Waals surface area (Å²) >= 11 is 12.3. The van der Waals surface area contributed by atoms with Crippen LogP contribution in [0.5, 0.6) is 5.75 Å². The number of hydrogen-bond donors (Lipinski definition) is 1. The van der Waals surface area contributed by atoms with Crippen molar-refractivity contribution >= 4 is 46.3 Å². The summed E-state index contributed by atoms with van der Waals surface area (Å²) in [7, 11) is 3.14. The standard InChI is InChI=1S/C20H18Cl2N2O4/c1-23(8-9-25)18-17(15-7-6-12(21)10-16(15)22)19(26)24(20(18)27)13-4-3-5-14(11-13)28-2/h3-7,10-11,25H,8-9H2,1-2H3. The predicted octanol–water partition coefficient (Wildman–Crippen LogP) is 3.21. The van der Waals surface area contributed by atoms with E-state index >= 15 is 0 Å². The van der Waals surface area contributed by atoms with Gasteiger partial charge in [0.2, 0.25) is 0 Å². The van der Waals surface area contributed by atoms with E-state index in [1.807, 2.05) is 0 Å². The molecule has 146 valence electrons. The highest BCUT2D eigenvalue weighted by Gasteiger charge is 2.42. The van der Waals surface area contributed by atoms with E-state index in [4.69, 9.17) is 27.9 Å². The summed E-state index contributed by atoms with van der Waals surface area (Å²) in [6, 6.07) is 11.4. The summed E-state index contributed by atoms with van der Waals surface area (Å²) in [4.78, 5) is 29.1. The van der Waals surface area contributed by atoms with Crippen LogP contribution in [0.25, 0.3) is 5.57 Å². The molecule has 0 fully saturated rings. The van der Waals surface area contributed by atoms with Crippen molar-refractivity contribution < 1.29 is 19.4 Å². The lowest BCUT2D eigenvalue weighted by atomic mass is 10.0. The normalized spacial score (nSPS) is 14.1. The van der Waals surface area contributed by atoms with E-state index in [0.29, 0.717) is 22.0 Å². The minimum absolute atomic E-state index is 0.158. The van der Waals surface area contributed by atoms with E-state index in [-0.39, 0.29) is 29.4 Å². The van der Waals surface area contributed by atoms with E-state index < -0.39 is 11.8 Å². The summed E-state index contributed by atoms with van der Waals surface area (Å²) in [6.45, 7) is -0.00271. The van der Waals surface area contributed by atoms with Crippen LogP contribution in [0.3, 0.4) is 0 Å². The van der Waals surface area contributed by atoms with Crippen LogP contribution in [0, 0.1) is 0 Å².